The summed E-state index contributed by atoms with van der Waals surface area (Å²) in [6.07, 6.45) is 1.86. The van der Waals surface area contributed by atoms with E-state index in [9.17, 15) is 0 Å². The molecule has 5 heteroatoms. The zero-order valence-electron chi connectivity index (χ0n) is 13.0. The predicted molar refractivity (Wildman–Crippen MR) is 81.7 cm³/mol. The van der Waals surface area contributed by atoms with Crippen molar-refractivity contribution in [1.29, 1.82) is 0 Å². The average molecular weight is 265 g/mol. The number of rotatable bonds is 7. The number of hydrogen-bond donors (Lipinski definition) is 2. The number of nitrogens with one attached hydrogen (secondary N) is 2. The number of likely N-dealkylation sites (N-methyl/N-ethyl adjacent to an activating group) is 1. The van der Waals surface area contributed by atoms with E-state index in [2.05, 4.69) is 53.4 Å². The van der Waals surface area contributed by atoms with Gasteiger partial charge in [-0.05, 0) is 33.9 Å². The van der Waals surface area contributed by atoms with Crippen LogP contribution < -0.4 is 10.6 Å². The number of nitrogens with zero attached hydrogens (tertiary/aromatic N) is 3. The van der Waals surface area contributed by atoms with E-state index in [-0.39, 0.29) is 0 Å². The molecule has 1 rings (SSSR count). The Labute approximate surface area is 116 Å². The van der Waals surface area contributed by atoms with Crippen molar-refractivity contribution in [3.8, 4) is 0 Å². The highest BCUT2D eigenvalue weighted by molar-refractivity contribution is 5.47. The minimum atomic E-state index is 0.373. The molecule has 108 valence electrons. The van der Waals surface area contributed by atoms with E-state index >= 15 is 0 Å². The van der Waals surface area contributed by atoms with Gasteiger partial charge in [0.05, 0.1) is 0 Å². The van der Waals surface area contributed by atoms with Gasteiger partial charge in [0.1, 0.15) is 5.82 Å². The van der Waals surface area contributed by atoms with Gasteiger partial charge >= 0.3 is 0 Å². The first kappa shape index (κ1) is 15.7. The van der Waals surface area contributed by atoms with Crippen LogP contribution in [0.5, 0.6) is 0 Å². The summed E-state index contributed by atoms with van der Waals surface area (Å²) < 4.78 is 0. The minimum absolute atomic E-state index is 0.373. The fourth-order valence-corrected chi connectivity index (χ4v) is 1.82. The molecule has 0 aliphatic rings. The summed E-state index contributed by atoms with van der Waals surface area (Å²) in [7, 11) is 4.18. The Morgan fingerprint density at radius 3 is 2.53 bits per heavy atom. The summed E-state index contributed by atoms with van der Waals surface area (Å²) in [6.45, 7) is 10.3. The lowest BCUT2D eigenvalue weighted by Gasteiger charge is -2.26. The maximum atomic E-state index is 4.54. The highest BCUT2D eigenvalue weighted by Crippen LogP contribution is 2.16. The Hall–Kier alpha value is -1.36. The van der Waals surface area contributed by atoms with Crippen LogP contribution in [0.1, 0.15) is 26.3 Å². The van der Waals surface area contributed by atoms with Gasteiger partial charge in [-0.2, -0.15) is 4.98 Å². The molecule has 0 aliphatic heterocycles. The first-order valence-corrected chi connectivity index (χ1v) is 6.92. The molecule has 0 spiro atoms. The van der Waals surface area contributed by atoms with E-state index in [1.807, 2.05) is 20.0 Å². The molecule has 1 aromatic rings. The van der Waals surface area contributed by atoms with Gasteiger partial charge in [-0.15, -0.1) is 0 Å². The van der Waals surface area contributed by atoms with Crippen molar-refractivity contribution < 1.29 is 0 Å². The van der Waals surface area contributed by atoms with Crippen molar-refractivity contribution in [1.82, 2.24) is 14.9 Å². The molecule has 1 heterocycles. The molecule has 0 aliphatic carbocycles. The van der Waals surface area contributed by atoms with Gasteiger partial charge in [0.25, 0.3) is 0 Å². The van der Waals surface area contributed by atoms with E-state index in [1.165, 1.54) is 0 Å². The molecule has 2 N–H and O–H groups in total. The number of aromatic nitrogens is 2. The standard InChI is InChI=1S/C14H27N5/c1-7-15-14-16-8-11(4)13(18-14)17-12(10(2)3)9-19(5)6/h8,10,12H,7,9H2,1-6H3,(H2,15,16,17,18). The molecule has 19 heavy (non-hydrogen) atoms. The fraction of sp³-hybridized carbons (Fsp3) is 0.714. The smallest absolute Gasteiger partial charge is 0.224 e. The minimum Gasteiger partial charge on any atom is -0.365 e. The van der Waals surface area contributed by atoms with Crippen molar-refractivity contribution in [3.63, 3.8) is 0 Å². The summed E-state index contributed by atoms with van der Waals surface area (Å²) in [5, 5.41) is 6.69. The Kier molecular flexibility index (Phi) is 6.02. The average Bonchev–Trinajstić information content (AvgIpc) is 2.32. The van der Waals surface area contributed by atoms with E-state index < -0.39 is 0 Å². The number of hydrogen-bond acceptors (Lipinski definition) is 5. The zero-order valence-corrected chi connectivity index (χ0v) is 13.0. The zero-order chi connectivity index (χ0) is 14.4. The highest BCUT2D eigenvalue weighted by Gasteiger charge is 2.16. The SMILES string of the molecule is CCNc1ncc(C)c(NC(CN(C)C)C(C)C)n1. The van der Waals surface area contributed by atoms with Gasteiger partial charge in [-0.3, -0.25) is 0 Å². The Bertz CT molecular complexity index is 389. The van der Waals surface area contributed by atoms with Crippen LogP contribution in [0.3, 0.4) is 0 Å². The lowest BCUT2D eigenvalue weighted by atomic mass is 10.0. The second-order valence-electron chi connectivity index (χ2n) is 5.51. The van der Waals surface area contributed by atoms with Gasteiger partial charge in [0.2, 0.25) is 5.95 Å². The van der Waals surface area contributed by atoms with Gasteiger partial charge in [0, 0.05) is 30.9 Å². The maximum absolute atomic E-state index is 4.54. The molecule has 0 radical (unpaired) electrons. The fourth-order valence-electron chi connectivity index (χ4n) is 1.82. The van der Waals surface area contributed by atoms with Crippen LogP contribution in [0.4, 0.5) is 11.8 Å². The molecule has 0 aromatic carbocycles. The lowest BCUT2D eigenvalue weighted by molar-refractivity contribution is 0.344. The molecular weight excluding hydrogens is 238 g/mol. The largest absolute Gasteiger partial charge is 0.365 e. The van der Waals surface area contributed by atoms with Crippen LogP contribution in [-0.2, 0) is 0 Å². The molecule has 1 unspecified atom stereocenters. The predicted octanol–water partition coefficient (Wildman–Crippen LogP) is 2.21. The van der Waals surface area contributed by atoms with Crippen LogP contribution in [0.2, 0.25) is 0 Å². The third kappa shape index (κ3) is 5.03. The van der Waals surface area contributed by atoms with Gasteiger partial charge in [0.15, 0.2) is 0 Å². The van der Waals surface area contributed by atoms with Gasteiger partial charge < -0.3 is 15.5 Å². The molecule has 0 bridgehead atoms. The molecular formula is C14H27N5. The number of aryl methyl sites for hydroxylation is 1. The topological polar surface area (TPSA) is 53.1 Å². The van der Waals surface area contributed by atoms with Crippen LogP contribution >= 0.6 is 0 Å². The van der Waals surface area contributed by atoms with Gasteiger partial charge in [-0.25, -0.2) is 4.98 Å². The van der Waals surface area contributed by atoms with Crippen LogP contribution in [-0.4, -0.2) is 48.1 Å². The Morgan fingerprint density at radius 1 is 1.32 bits per heavy atom. The summed E-state index contributed by atoms with van der Waals surface area (Å²) in [5.41, 5.74) is 1.08. The third-order valence-corrected chi connectivity index (χ3v) is 3.00. The summed E-state index contributed by atoms with van der Waals surface area (Å²) >= 11 is 0. The Morgan fingerprint density at radius 2 is 2.00 bits per heavy atom. The van der Waals surface area contributed by atoms with Crippen molar-refractivity contribution in [2.24, 2.45) is 5.92 Å². The first-order chi connectivity index (χ1) is 8.93. The summed E-state index contributed by atoms with van der Waals surface area (Å²) in [5.74, 6) is 2.15. The maximum Gasteiger partial charge on any atom is 0.224 e. The van der Waals surface area contributed by atoms with Crippen molar-refractivity contribution in [2.45, 2.75) is 33.7 Å². The van der Waals surface area contributed by atoms with E-state index in [1.54, 1.807) is 0 Å². The molecule has 0 fully saturated rings. The molecule has 5 nitrogen and oxygen atoms in total. The molecule has 1 aromatic heterocycles. The van der Waals surface area contributed by atoms with E-state index in [4.69, 9.17) is 0 Å². The van der Waals surface area contributed by atoms with E-state index in [0.29, 0.717) is 17.9 Å². The van der Waals surface area contributed by atoms with E-state index in [0.717, 1.165) is 24.5 Å². The first-order valence-electron chi connectivity index (χ1n) is 6.92. The molecule has 0 saturated carbocycles. The highest BCUT2D eigenvalue weighted by atomic mass is 15.2. The van der Waals surface area contributed by atoms with Crippen LogP contribution in [0.25, 0.3) is 0 Å². The van der Waals surface area contributed by atoms with Crippen molar-refractivity contribution in [3.05, 3.63) is 11.8 Å². The van der Waals surface area contributed by atoms with Crippen molar-refractivity contribution in [2.75, 3.05) is 37.8 Å². The van der Waals surface area contributed by atoms with Gasteiger partial charge in [-0.1, -0.05) is 13.8 Å². The van der Waals surface area contributed by atoms with Crippen molar-refractivity contribution >= 4 is 11.8 Å². The third-order valence-electron chi connectivity index (χ3n) is 3.00. The molecule has 0 saturated heterocycles. The number of anilines is 2. The van der Waals surface area contributed by atoms with Crippen LogP contribution in [0, 0.1) is 12.8 Å². The molecule has 0 amide bonds. The Balaban J connectivity index is 2.85. The van der Waals surface area contributed by atoms with Crippen LogP contribution in [0.15, 0.2) is 6.20 Å². The second kappa shape index (κ2) is 7.28. The second-order valence-corrected chi connectivity index (χ2v) is 5.51. The summed E-state index contributed by atoms with van der Waals surface area (Å²) in [6, 6.07) is 0.373. The normalized spacial score (nSPS) is 12.8. The quantitative estimate of drug-likeness (QED) is 0.791. The summed E-state index contributed by atoms with van der Waals surface area (Å²) in [4.78, 5) is 11.0. The monoisotopic (exact) mass is 265 g/mol. The molecule has 1 atom stereocenters. The lowest BCUT2D eigenvalue weighted by Crippen LogP contribution is -2.37.